The molecule has 0 saturated carbocycles. The second-order valence-electron chi connectivity index (χ2n) is 5.53. The van der Waals surface area contributed by atoms with Gasteiger partial charge < -0.3 is 10.3 Å². The lowest BCUT2D eigenvalue weighted by molar-refractivity contribution is 0.0934. The minimum atomic E-state index is -0.169. The van der Waals surface area contributed by atoms with E-state index in [1.807, 2.05) is 74.5 Å². The van der Waals surface area contributed by atoms with E-state index in [1.165, 1.54) is 0 Å². The first-order valence-electron chi connectivity index (χ1n) is 7.63. The van der Waals surface area contributed by atoms with Gasteiger partial charge in [0.05, 0.1) is 6.04 Å². The average molecular weight is 305 g/mol. The van der Waals surface area contributed by atoms with E-state index in [0.717, 1.165) is 16.8 Å². The van der Waals surface area contributed by atoms with Crippen molar-refractivity contribution in [3.05, 3.63) is 77.6 Å². The van der Waals surface area contributed by atoms with Gasteiger partial charge in [-0.2, -0.15) is 0 Å². The lowest BCUT2D eigenvalue weighted by Gasteiger charge is -2.13. The van der Waals surface area contributed by atoms with Crippen molar-refractivity contribution < 1.29 is 4.79 Å². The highest BCUT2D eigenvalue weighted by Gasteiger charge is 2.18. The summed E-state index contributed by atoms with van der Waals surface area (Å²) in [7, 11) is 0. The molecule has 0 spiro atoms. The minimum absolute atomic E-state index is 0.0695. The molecule has 3 aromatic rings. The van der Waals surface area contributed by atoms with Crippen LogP contribution in [0.5, 0.6) is 0 Å². The number of aromatic nitrogens is 2. The molecule has 0 aliphatic carbocycles. The fourth-order valence-corrected chi connectivity index (χ4v) is 2.50. The summed E-state index contributed by atoms with van der Waals surface area (Å²) in [5.41, 5.74) is 3.23. The van der Waals surface area contributed by atoms with Crippen LogP contribution in [0.2, 0.25) is 0 Å². The average Bonchev–Trinajstić information content (AvgIpc) is 2.98. The van der Waals surface area contributed by atoms with Crippen molar-refractivity contribution in [1.29, 1.82) is 0 Å². The van der Waals surface area contributed by atoms with Crippen molar-refractivity contribution in [2.45, 2.75) is 19.9 Å². The molecule has 1 atom stereocenters. The van der Waals surface area contributed by atoms with Crippen molar-refractivity contribution in [2.24, 2.45) is 0 Å². The van der Waals surface area contributed by atoms with Crippen LogP contribution in [0.3, 0.4) is 0 Å². The number of imidazole rings is 1. The second kappa shape index (κ2) is 6.48. The van der Waals surface area contributed by atoms with Crippen molar-refractivity contribution in [2.75, 3.05) is 0 Å². The molecule has 2 N–H and O–H groups in total. The third-order valence-electron chi connectivity index (χ3n) is 3.79. The molecule has 1 aromatic heterocycles. The number of rotatable bonds is 4. The van der Waals surface area contributed by atoms with Gasteiger partial charge in [-0.05, 0) is 19.4 Å². The van der Waals surface area contributed by atoms with Gasteiger partial charge in [0.1, 0.15) is 11.5 Å². The van der Waals surface area contributed by atoms with Gasteiger partial charge in [0.15, 0.2) is 0 Å². The molecule has 0 radical (unpaired) electrons. The SMILES string of the molecule is Cc1[nH]c(-c2ccccc2)nc1C(=O)N[C@H](C)c1ccccc1. The summed E-state index contributed by atoms with van der Waals surface area (Å²) in [4.78, 5) is 20.1. The van der Waals surface area contributed by atoms with Crippen LogP contribution >= 0.6 is 0 Å². The molecule has 3 rings (SSSR count). The molecule has 4 nitrogen and oxygen atoms in total. The van der Waals surface area contributed by atoms with Crippen LogP contribution < -0.4 is 5.32 Å². The van der Waals surface area contributed by atoms with E-state index >= 15 is 0 Å². The highest BCUT2D eigenvalue weighted by Crippen LogP contribution is 2.18. The molecule has 0 fully saturated rings. The monoisotopic (exact) mass is 305 g/mol. The van der Waals surface area contributed by atoms with Crippen molar-refractivity contribution in [1.82, 2.24) is 15.3 Å². The maximum Gasteiger partial charge on any atom is 0.272 e. The van der Waals surface area contributed by atoms with Gasteiger partial charge in [0.25, 0.3) is 5.91 Å². The Hall–Kier alpha value is -2.88. The first kappa shape index (κ1) is 15.0. The number of aryl methyl sites for hydroxylation is 1. The normalized spacial score (nSPS) is 11.9. The van der Waals surface area contributed by atoms with Gasteiger partial charge >= 0.3 is 0 Å². The number of nitrogens with one attached hydrogen (secondary N) is 2. The number of amides is 1. The Morgan fingerprint density at radius 1 is 1.04 bits per heavy atom. The van der Waals surface area contributed by atoms with Crippen LogP contribution in [0.1, 0.15) is 34.7 Å². The Morgan fingerprint density at radius 3 is 2.30 bits per heavy atom. The smallest absolute Gasteiger partial charge is 0.272 e. The van der Waals surface area contributed by atoms with E-state index in [0.29, 0.717) is 11.5 Å². The molecule has 1 amide bonds. The summed E-state index contributed by atoms with van der Waals surface area (Å²) in [6.07, 6.45) is 0. The van der Waals surface area contributed by atoms with Crippen LogP contribution in [0.25, 0.3) is 11.4 Å². The van der Waals surface area contributed by atoms with Crippen molar-refractivity contribution >= 4 is 5.91 Å². The second-order valence-corrected chi connectivity index (χ2v) is 5.53. The Labute approximate surface area is 135 Å². The van der Waals surface area contributed by atoms with Crippen molar-refractivity contribution in [3.63, 3.8) is 0 Å². The Morgan fingerprint density at radius 2 is 1.65 bits per heavy atom. The van der Waals surface area contributed by atoms with Crippen LogP contribution in [-0.2, 0) is 0 Å². The Bertz CT molecular complexity index is 794. The summed E-state index contributed by atoms with van der Waals surface area (Å²) >= 11 is 0. The van der Waals surface area contributed by atoms with Crippen LogP contribution in [0, 0.1) is 6.92 Å². The molecule has 2 aromatic carbocycles. The summed E-state index contributed by atoms with van der Waals surface area (Å²) in [6, 6.07) is 19.6. The number of hydrogen-bond acceptors (Lipinski definition) is 2. The molecule has 1 heterocycles. The van der Waals surface area contributed by atoms with E-state index in [1.54, 1.807) is 0 Å². The van der Waals surface area contributed by atoms with Crippen molar-refractivity contribution in [3.8, 4) is 11.4 Å². The zero-order chi connectivity index (χ0) is 16.2. The van der Waals surface area contributed by atoms with Crippen LogP contribution in [0.4, 0.5) is 0 Å². The number of carbonyl (C=O) groups is 1. The van der Waals surface area contributed by atoms with E-state index < -0.39 is 0 Å². The van der Waals surface area contributed by atoms with Gasteiger partial charge in [-0.1, -0.05) is 60.7 Å². The number of H-pyrrole nitrogens is 1. The van der Waals surface area contributed by atoms with Gasteiger partial charge in [0, 0.05) is 11.3 Å². The van der Waals surface area contributed by atoms with Gasteiger partial charge in [-0.25, -0.2) is 4.98 Å². The number of nitrogens with zero attached hydrogens (tertiary/aromatic N) is 1. The zero-order valence-corrected chi connectivity index (χ0v) is 13.2. The van der Waals surface area contributed by atoms with E-state index in [-0.39, 0.29) is 11.9 Å². The lowest BCUT2D eigenvalue weighted by atomic mass is 10.1. The molecular formula is C19H19N3O. The fourth-order valence-electron chi connectivity index (χ4n) is 2.50. The Kier molecular flexibility index (Phi) is 4.24. The number of benzene rings is 2. The highest BCUT2D eigenvalue weighted by molar-refractivity contribution is 5.94. The third-order valence-corrected chi connectivity index (χ3v) is 3.79. The maximum absolute atomic E-state index is 12.5. The standard InChI is InChI=1S/C19H19N3O/c1-13(15-9-5-3-6-10-15)21-19(23)17-14(2)20-18(22-17)16-11-7-4-8-12-16/h3-13H,1-2H3,(H,20,22)(H,21,23)/t13-/m1/s1. The molecule has 0 aliphatic rings. The summed E-state index contributed by atoms with van der Waals surface area (Å²) in [6.45, 7) is 3.83. The molecular weight excluding hydrogens is 286 g/mol. The van der Waals surface area contributed by atoms with Crippen LogP contribution in [0.15, 0.2) is 60.7 Å². The number of aromatic amines is 1. The van der Waals surface area contributed by atoms with Crippen LogP contribution in [-0.4, -0.2) is 15.9 Å². The molecule has 0 bridgehead atoms. The van der Waals surface area contributed by atoms with E-state index in [4.69, 9.17) is 0 Å². The topological polar surface area (TPSA) is 57.8 Å². The highest BCUT2D eigenvalue weighted by atomic mass is 16.2. The maximum atomic E-state index is 12.5. The predicted octanol–water partition coefficient (Wildman–Crippen LogP) is 3.88. The molecule has 0 saturated heterocycles. The van der Waals surface area contributed by atoms with E-state index in [2.05, 4.69) is 15.3 Å². The molecule has 23 heavy (non-hydrogen) atoms. The predicted molar refractivity (Wildman–Crippen MR) is 91.1 cm³/mol. The summed E-state index contributed by atoms with van der Waals surface area (Å²) < 4.78 is 0. The molecule has 0 aliphatic heterocycles. The largest absolute Gasteiger partial charge is 0.344 e. The van der Waals surface area contributed by atoms with Gasteiger partial charge in [-0.3, -0.25) is 4.79 Å². The van der Waals surface area contributed by atoms with Gasteiger partial charge in [-0.15, -0.1) is 0 Å². The number of carbonyl (C=O) groups excluding carboxylic acids is 1. The quantitative estimate of drug-likeness (QED) is 0.768. The van der Waals surface area contributed by atoms with Gasteiger partial charge in [0.2, 0.25) is 0 Å². The zero-order valence-electron chi connectivity index (χ0n) is 13.2. The Balaban J connectivity index is 1.79. The summed E-state index contributed by atoms with van der Waals surface area (Å²) in [5, 5.41) is 3.00. The van der Waals surface area contributed by atoms with E-state index in [9.17, 15) is 4.79 Å². The molecule has 116 valence electrons. The third kappa shape index (κ3) is 3.31. The first-order chi connectivity index (χ1) is 11.1. The first-order valence-corrected chi connectivity index (χ1v) is 7.63. The fraction of sp³-hybridized carbons (Fsp3) is 0.158. The lowest BCUT2D eigenvalue weighted by Crippen LogP contribution is -2.27. The molecule has 0 unspecified atom stereocenters. The summed E-state index contributed by atoms with van der Waals surface area (Å²) in [5.74, 6) is 0.540. The minimum Gasteiger partial charge on any atom is -0.344 e. The number of hydrogen-bond donors (Lipinski definition) is 2. The molecule has 4 heteroatoms.